The third kappa shape index (κ3) is 3.11. The zero-order valence-electron chi connectivity index (χ0n) is 8.88. The lowest BCUT2D eigenvalue weighted by molar-refractivity contribution is -0.388. The van der Waals surface area contributed by atoms with Gasteiger partial charge in [-0.15, -0.1) is 11.8 Å². The van der Waals surface area contributed by atoms with Crippen molar-refractivity contribution in [2.24, 2.45) is 0 Å². The number of aliphatic hydroxyl groups is 1. The van der Waals surface area contributed by atoms with Crippen molar-refractivity contribution in [3.05, 3.63) is 28.3 Å². The first kappa shape index (κ1) is 12.8. The summed E-state index contributed by atoms with van der Waals surface area (Å²) in [5, 5.41) is 19.6. The molecule has 0 unspecified atom stereocenters. The highest BCUT2D eigenvalue weighted by atomic mass is 32.2. The molecule has 6 heteroatoms. The minimum atomic E-state index is -0.454. The van der Waals surface area contributed by atoms with Gasteiger partial charge in [0.1, 0.15) is 0 Å². The molecule has 1 N–H and O–H groups in total. The van der Waals surface area contributed by atoms with E-state index in [1.165, 1.54) is 11.8 Å². The molecule has 0 aliphatic carbocycles. The van der Waals surface area contributed by atoms with Crippen molar-refractivity contribution in [2.75, 3.05) is 19.0 Å². The summed E-state index contributed by atoms with van der Waals surface area (Å²) in [6.45, 7) is 2.15. The van der Waals surface area contributed by atoms with Crippen LogP contribution in [-0.2, 0) is 0 Å². The van der Waals surface area contributed by atoms with Crippen LogP contribution in [0, 0.1) is 10.1 Å². The van der Waals surface area contributed by atoms with Crippen LogP contribution in [0.15, 0.2) is 23.1 Å². The number of ether oxygens (including phenoxy) is 1. The molecule has 1 aromatic rings. The van der Waals surface area contributed by atoms with E-state index in [9.17, 15) is 10.1 Å². The number of nitro groups is 1. The Labute approximate surface area is 97.6 Å². The van der Waals surface area contributed by atoms with Crippen molar-refractivity contribution in [2.45, 2.75) is 11.8 Å². The highest BCUT2D eigenvalue weighted by molar-refractivity contribution is 7.99. The summed E-state index contributed by atoms with van der Waals surface area (Å²) in [5.74, 6) is 0.701. The average Bonchev–Trinajstić information content (AvgIpc) is 2.26. The van der Waals surface area contributed by atoms with E-state index >= 15 is 0 Å². The largest absolute Gasteiger partial charge is 0.487 e. The summed E-state index contributed by atoms with van der Waals surface area (Å²) in [4.78, 5) is 11.0. The van der Waals surface area contributed by atoms with Crippen molar-refractivity contribution < 1.29 is 14.8 Å². The topological polar surface area (TPSA) is 72.6 Å². The fraction of sp³-hybridized carbons (Fsp3) is 0.400. The molecule has 16 heavy (non-hydrogen) atoms. The Morgan fingerprint density at radius 3 is 2.88 bits per heavy atom. The molecule has 5 nitrogen and oxygen atoms in total. The highest BCUT2D eigenvalue weighted by Gasteiger charge is 2.20. The maximum Gasteiger partial charge on any atom is 0.324 e. The zero-order valence-corrected chi connectivity index (χ0v) is 9.70. The molecule has 1 rings (SSSR count). The maximum atomic E-state index is 10.9. The molecule has 0 fully saturated rings. The Hall–Kier alpha value is -1.27. The van der Waals surface area contributed by atoms with E-state index in [4.69, 9.17) is 9.84 Å². The van der Waals surface area contributed by atoms with Gasteiger partial charge in [0.2, 0.25) is 0 Å². The fourth-order valence-electron chi connectivity index (χ4n) is 1.23. The Morgan fingerprint density at radius 2 is 2.31 bits per heavy atom. The number of para-hydroxylation sites is 1. The average molecular weight is 243 g/mol. The third-order valence-corrected chi connectivity index (χ3v) is 2.82. The predicted octanol–water partition coefficient (Wildman–Crippen LogP) is 2.08. The van der Waals surface area contributed by atoms with Gasteiger partial charge < -0.3 is 9.84 Å². The summed E-state index contributed by atoms with van der Waals surface area (Å²) in [6, 6.07) is 4.93. The van der Waals surface area contributed by atoms with E-state index in [0.717, 1.165) is 0 Å². The van der Waals surface area contributed by atoms with Crippen LogP contribution < -0.4 is 4.74 Å². The molecule has 88 valence electrons. The molecule has 0 amide bonds. The molecule has 0 aliphatic heterocycles. The second kappa shape index (κ2) is 6.34. The number of hydrogen-bond acceptors (Lipinski definition) is 5. The van der Waals surface area contributed by atoms with Gasteiger partial charge in [0.25, 0.3) is 0 Å². The van der Waals surface area contributed by atoms with Crippen LogP contribution in [0.5, 0.6) is 5.75 Å². The number of nitrogens with zero attached hydrogens (tertiary/aromatic N) is 1. The van der Waals surface area contributed by atoms with Gasteiger partial charge in [-0.05, 0) is 19.1 Å². The second-order valence-corrected chi connectivity index (χ2v) is 4.00. The molecular formula is C10H13NO4S. The van der Waals surface area contributed by atoms with Gasteiger partial charge in [0.05, 0.1) is 23.0 Å². The molecule has 0 aromatic heterocycles. The highest BCUT2D eigenvalue weighted by Crippen LogP contribution is 2.36. The van der Waals surface area contributed by atoms with Crippen LogP contribution in [0.1, 0.15) is 6.92 Å². The zero-order chi connectivity index (χ0) is 12.0. The van der Waals surface area contributed by atoms with Gasteiger partial charge in [0.15, 0.2) is 5.75 Å². The van der Waals surface area contributed by atoms with Gasteiger partial charge in [-0.2, -0.15) is 0 Å². The van der Waals surface area contributed by atoms with Gasteiger partial charge in [-0.3, -0.25) is 10.1 Å². The molecule has 0 spiro atoms. The minimum absolute atomic E-state index is 0.0132. The van der Waals surface area contributed by atoms with Gasteiger partial charge >= 0.3 is 5.69 Å². The van der Waals surface area contributed by atoms with Crippen molar-refractivity contribution >= 4 is 17.4 Å². The molecule has 0 radical (unpaired) electrons. The Balaban J connectivity index is 3.05. The van der Waals surface area contributed by atoms with E-state index in [0.29, 0.717) is 17.3 Å². The number of hydrogen-bond donors (Lipinski definition) is 1. The van der Waals surface area contributed by atoms with Crippen molar-refractivity contribution in [1.82, 2.24) is 0 Å². The van der Waals surface area contributed by atoms with Gasteiger partial charge in [-0.1, -0.05) is 6.07 Å². The SMILES string of the molecule is CCOc1cccc(SCCO)c1[N+](=O)[O-]. The second-order valence-electron chi connectivity index (χ2n) is 2.87. The number of nitro benzene ring substituents is 1. The normalized spacial score (nSPS) is 10.1. The molecule has 0 atom stereocenters. The maximum absolute atomic E-state index is 10.9. The number of thioether (sulfide) groups is 1. The molecule has 1 aromatic carbocycles. The predicted molar refractivity (Wildman–Crippen MR) is 62.1 cm³/mol. The van der Waals surface area contributed by atoms with Crippen LogP contribution in [0.25, 0.3) is 0 Å². The summed E-state index contributed by atoms with van der Waals surface area (Å²) in [6.07, 6.45) is 0. The third-order valence-electron chi connectivity index (χ3n) is 1.79. The summed E-state index contributed by atoms with van der Waals surface area (Å²) in [5.41, 5.74) is -0.0252. The van der Waals surface area contributed by atoms with E-state index in [1.54, 1.807) is 25.1 Å². The molecule has 0 saturated heterocycles. The number of aliphatic hydroxyl groups excluding tert-OH is 1. The van der Waals surface area contributed by atoms with E-state index in [-0.39, 0.29) is 18.0 Å². The molecular weight excluding hydrogens is 230 g/mol. The first-order chi connectivity index (χ1) is 7.70. The minimum Gasteiger partial charge on any atom is -0.487 e. The molecule has 0 heterocycles. The van der Waals surface area contributed by atoms with Crippen molar-refractivity contribution in [3.8, 4) is 5.75 Å². The lowest BCUT2D eigenvalue weighted by atomic mass is 10.3. The Bertz CT molecular complexity index is 370. The lowest BCUT2D eigenvalue weighted by Crippen LogP contribution is -1.99. The van der Waals surface area contributed by atoms with Gasteiger partial charge in [0, 0.05) is 5.75 Å². The summed E-state index contributed by atoms with van der Waals surface area (Å²) >= 11 is 1.24. The first-order valence-corrected chi connectivity index (χ1v) is 5.83. The quantitative estimate of drug-likeness (QED) is 0.470. The molecule has 0 aliphatic rings. The summed E-state index contributed by atoms with van der Waals surface area (Å²) in [7, 11) is 0. The van der Waals surface area contributed by atoms with Crippen molar-refractivity contribution in [1.29, 1.82) is 0 Å². The van der Waals surface area contributed by atoms with E-state index in [2.05, 4.69) is 0 Å². The molecule has 0 saturated carbocycles. The lowest BCUT2D eigenvalue weighted by Gasteiger charge is -2.07. The molecule has 0 bridgehead atoms. The Kier molecular flexibility index (Phi) is 5.07. The monoisotopic (exact) mass is 243 g/mol. The van der Waals surface area contributed by atoms with Crippen LogP contribution in [0.3, 0.4) is 0 Å². The first-order valence-electron chi connectivity index (χ1n) is 4.84. The summed E-state index contributed by atoms with van der Waals surface area (Å²) < 4.78 is 5.20. The fourth-order valence-corrected chi connectivity index (χ4v) is 2.02. The number of benzene rings is 1. The van der Waals surface area contributed by atoms with Crippen LogP contribution in [0.2, 0.25) is 0 Å². The van der Waals surface area contributed by atoms with Gasteiger partial charge in [-0.25, -0.2) is 0 Å². The van der Waals surface area contributed by atoms with Crippen LogP contribution in [0.4, 0.5) is 5.69 Å². The van der Waals surface area contributed by atoms with Crippen molar-refractivity contribution in [3.63, 3.8) is 0 Å². The number of rotatable bonds is 6. The smallest absolute Gasteiger partial charge is 0.324 e. The van der Waals surface area contributed by atoms with Crippen LogP contribution >= 0.6 is 11.8 Å². The Morgan fingerprint density at radius 1 is 1.56 bits per heavy atom. The van der Waals surface area contributed by atoms with E-state index < -0.39 is 4.92 Å². The van der Waals surface area contributed by atoms with Crippen LogP contribution in [-0.4, -0.2) is 29.0 Å². The standard InChI is InChI=1S/C10H13NO4S/c1-2-15-8-4-3-5-9(16-7-6-12)10(8)11(13)14/h3-5,12H,2,6-7H2,1H3. The van der Waals surface area contributed by atoms with E-state index in [1.807, 2.05) is 0 Å².